The average molecular weight is 384 g/mol. The standard InChI is InChI=1S/C21H28N4O3/c26-19(15-3-5-17(6-4-15)22-21(28)23-18-7-8-18)25-13-9-16(10-14-25)20(27)24-11-1-2-12-24/h3-6,16,18H,1-2,7-14H2,(H2,22,23,28). The van der Waals surface area contributed by atoms with Crippen molar-refractivity contribution in [2.45, 2.75) is 44.6 Å². The van der Waals surface area contributed by atoms with E-state index in [1.165, 1.54) is 0 Å². The third kappa shape index (κ3) is 4.46. The number of nitrogens with one attached hydrogen (secondary N) is 2. The molecular formula is C21H28N4O3. The molecule has 2 aliphatic heterocycles. The number of piperidine rings is 1. The largest absolute Gasteiger partial charge is 0.342 e. The number of benzene rings is 1. The highest BCUT2D eigenvalue weighted by Crippen LogP contribution is 2.23. The van der Waals surface area contributed by atoms with E-state index in [2.05, 4.69) is 10.6 Å². The smallest absolute Gasteiger partial charge is 0.319 e. The van der Waals surface area contributed by atoms with Gasteiger partial charge in [-0.3, -0.25) is 9.59 Å². The number of carbonyl (C=O) groups excluding carboxylic acids is 3. The van der Waals surface area contributed by atoms with Crippen LogP contribution in [0.5, 0.6) is 0 Å². The van der Waals surface area contributed by atoms with E-state index in [9.17, 15) is 14.4 Å². The molecule has 0 spiro atoms. The number of anilines is 1. The average Bonchev–Trinajstić information content (AvgIpc) is 3.35. The van der Waals surface area contributed by atoms with Crippen molar-refractivity contribution in [3.8, 4) is 0 Å². The van der Waals surface area contributed by atoms with E-state index in [0.717, 1.165) is 51.6 Å². The van der Waals surface area contributed by atoms with Crippen molar-refractivity contribution < 1.29 is 14.4 Å². The lowest BCUT2D eigenvalue weighted by Gasteiger charge is -2.33. The molecule has 2 saturated heterocycles. The number of hydrogen-bond acceptors (Lipinski definition) is 3. The Hall–Kier alpha value is -2.57. The zero-order valence-corrected chi connectivity index (χ0v) is 16.2. The first-order chi connectivity index (χ1) is 13.6. The van der Waals surface area contributed by atoms with Crippen molar-refractivity contribution in [2.24, 2.45) is 5.92 Å². The van der Waals surface area contributed by atoms with Gasteiger partial charge in [-0.2, -0.15) is 0 Å². The highest BCUT2D eigenvalue weighted by molar-refractivity contribution is 5.95. The number of hydrogen-bond donors (Lipinski definition) is 2. The molecule has 7 nitrogen and oxygen atoms in total. The predicted octanol–water partition coefficient (Wildman–Crippen LogP) is 2.45. The molecule has 3 aliphatic rings. The van der Waals surface area contributed by atoms with Crippen LogP contribution in [0.25, 0.3) is 0 Å². The van der Waals surface area contributed by atoms with E-state index in [1.807, 2.05) is 9.80 Å². The lowest BCUT2D eigenvalue weighted by Crippen LogP contribution is -2.43. The van der Waals surface area contributed by atoms with Gasteiger partial charge in [0.25, 0.3) is 5.91 Å². The Kier molecular flexibility index (Phi) is 5.50. The maximum Gasteiger partial charge on any atom is 0.319 e. The fourth-order valence-electron chi connectivity index (χ4n) is 3.98. The van der Waals surface area contributed by atoms with E-state index < -0.39 is 0 Å². The Morgan fingerprint density at radius 2 is 1.46 bits per heavy atom. The van der Waals surface area contributed by atoms with Crippen LogP contribution < -0.4 is 10.6 Å². The first kappa shape index (κ1) is 18.8. The number of likely N-dealkylation sites (tertiary alicyclic amines) is 2. The van der Waals surface area contributed by atoms with Gasteiger partial charge in [0.2, 0.25) is 5.91 Å². The molecule has 0 atom stereocenters. The van der Waals surface area contributed by atoms with Gasteiger partial charge in [-0.25, -0.2) is 4.79 Å². The summed E-state index contributed by atoms with van der Waals surface area (Å²) in [6.45, 7) is 3.01. The Balaban J connectivity index is 1.27. The van der Waals surface area contributed by atoms with E-state index in [-0.39, 0.29) is 23.8 Å². The van der Waals surface area contributed by atoms with Crippen molar-refractivity contribution in [3.05, 3.63) is 29.8 Å². The van der Waals surface area contributed by atoms with Crippen LogP contribution in [0.2, 0.25) is 0 Å². The van der Waals surface area contributed by atoms with Crippen molar-refractivity contribution in [1.29, 1.82) is 0 Å². The molecule has 4 amide bonds. The molecule has 0 unspecified atom stereocenters. The Bertz CT molecular complexity index is 731. The van der Waals surface area contributed by atoms with Gasteiger partial charge < -0.3 is 20.4 Å². The second-order valence-electron chi connectivity index (χ2n) is 8.05. The molecule has 2 N–H and O–H groups in total. The second-order valence-corrected chi connectivity index (χ2v) is 8.05. The first-order valence-corrected chi connectivity index (χ1v) is 10.4. The van der Waals surface area contributed by atoms with E-state index >= 15 is 0 Å². The van der Waals surface area contributed by atoms with E-state index in [0.29, 0.717) is 30.4 Å². The molecule has 28 heavy (non-hydrogen) atoms. The van der Waals surface area contributed by atoms with Crippen LogP contribution in [0, 0.1) is 5.92 Å². The maximum atomic E-state index is 12.8. The number of nitrogens with zero attached hydrogens (tertiary/aromatic N) is 2. The molecular weight excluding hydrogens is 356 g/mol. The van der Waals surface area contributed by atoms with Gasteiger partial charge in [-0.1, -0.05) is 0 Å². The molecule has 1 aliphatic carbocycles. The quantitative estimate of drug-likeness (QED) is 0.837. The lowest BCUT2D eigenvalue weighted by molar-refractivity contribution is -0.135. The normalized spacial score (nSPS) is 20.1. The third-order valence-electron chi connectivity index (χ3n) is 5.85. The van der Waals surface area contributed by atoms with Gasteiger partial charge in [0.05, 0.1) is 0 Å². The summed E-state index contributed by atoms with van der Waals surface area (Å²) in [4.78, 5) is 40.9. The van der Waals surface area contributed by atoms with Crippen molar-refractivity contribution in [3.63, 3.8) is 0 Å². The summed E-state index contributed by atoms with van der Waals surface area (Å²) >= 11 is 0. The minimum atomic E-state index is -0.202. The van der Waals surface area contributed by atoms with Crippen LogP contribution in [0.3, 0.4) is 0 Å². The zero-order valence-electron chi connectivity index (χ0n) is 16.2. The van der Waals surface area contributed by atoms with Crippen LogP contribution in [0.15, 0.2) is 24.3 Å². The van der Waals surface area contributed by atoms with Crippen LogP contribution in [-0.2, 0) is 4.79 Å². The Morgan fingerprint density at radius 3 is 2.07 bits per heavy atom. The van der Waals surface area contributed by atoms with Crippen LogP contribution in [0.1, 0.15) is 48.9 Å². The SMILES string of the molecule is O=C(Nc1ccc(C(=O)N2CCC(C(=O)N3CCCC3)CC2)cc1)NC1CC1. The summed E-state index contributed by atoms with van der Waals surface area (Å²) in [6.07, 6.45) is 5.78. The number of amides is 4. The predicted molar refractivity (Wildman–Crippen MR) is 106 cm³/mol. The fraction of sp³-hybridized carbons (Fsp3) is 0.571. The zero-order chi connectivity index (χ0) is 19.5. The minimum Gasteiger partial charge on any atom is -0.342 e. The van der Waals surface area contributed by atoms with E-state index in [4.69, 9.17) is 0 Å². The van der Waals surface area contributed by atoms with Crippen molar-refractivity contribution in [2.75, 3.05) is 31.5 Å². The summed E-state index contributed by atoms with van der Waals surface area (Å²) in [5.41, 5.74) is 1.28. The summed E-state index contributed by atoms with van der Waals surface area (Å²) < 4.78 is 0. The van der Waals surface area contributed by atoms with Gasteiger partial charge in [-0.15, -0.1) is 0 Å². The fourth-order valence-corrected chi connectivity index (χ4v) is 3.98. The summed E-state index contributed by atoms with van der Waals surface area (Å²) in [5.74, 6) is 0.309. The molecule has 4 rings (SSSR count). The second kappa shape index (κ2) is 8.20. The highest BCUT2D eigenvalue weighted by atomic mass is 16.2. The number of urea groups is 1. The molecule has 0 radical (unpaired) electrons. The third-order valence-corrected chi connectivity index (χ3v) is 5.85. The topological polar surface area (TPSA) is 81.8 Å². The molecule has 0 aromatic heterocycles. The van der Waals surface area contributed by atoms with Crippen molar-refractivity contribution >= 4 is 23.5 Å². The van der Waals surface area contributed by atoms with E-state index in [1.54, 1.807) is 24.3 Å². The van der Waals surface area contributed by atoms with Crippen LogP contribution in [0.4, 0.5) is 10.5 Å². The van der Waals surface area contributed by atoms with Gasteiger partial charge in [0.15, 0.2) is 0 Å². The molecule has 3 fully saturated rings. The molecule has 1 aromatic rings. The number of rotatable bonds is 4. The van der Waals surface area contributed by atoms with Gasteiger partial charge >= 0.3 is 6.03 Å². The maximum absolute atomic E-state index is 12.8. The molecule has 1 aromatic carbocycles. The molecule has 150 valence electrons. The first-order valence-electron chi connectivity index (χ1n) is 10.4. The number of carbonyl (C=O) groups is 3. The minimum absolute atomic E-state index is 0.0129. The van der Waals surface area contributed by atoms with Gasteiger partial charge in [0.1, 0.15) is 0 Å². The monoisotopic (exact) mass is 384 g/mol. The highest BCUT2D eigenvalue weighted by Gasteiger charge is 2.31. The van der Waals surface area contributed by atoms with Crippen molar-refractivity contribution in [1.82, 2.24) is 15.1 Å². The molecule has 7 heteroatoms. The lowest BCUT2D eigenvalue weighted by atomic mass is 9.95. The van der Waals surface area contributed by atoms with Crippen LogP contribution >= 0.6 is 0 Å². The van der Waals surface area contributed by atoms with Crippen LogP contribution in [-0.4, -0.2) is 59.9 Å². The summed E-state index contributed by atoms with van der Waals surface area (Å²) in [7, 11) is 0. The Labute approximate surface area is 165 Å². The molecule has 2 heterocycles. The van der Waals surface area contributed by atoms with Gasteiger partial charge in [-0.05, 0) is 62.8 Å². The van der Waals surface area contributed by atoms with Gasteiger partial charge in [0, 0.05) is 49.4 Å². The summed E-state index contributed by atoms with van der Waals surface area (Å²) in [6, 6.07) is 7.10. The molecule has 1 saturated carbocycles. The Morgan fingerprint density at radius 1 is 0.821 bits per heavy atom. The summed E-state index contributed by atoms with van der Waals surface area (Å²) in [5, 5.41) is 5.66. The molecule has 0 bridgehead atoms.